The van der Waals surface area contributed by atoms with E-state index in [0.717, 1.165) is 29.2 Å². The number of H-pyrrole nitrogens is 1. The molecule has 3 aromatic rings. The zero-order valence-corrected chi connectivity index (χ0v) is 11.6. The molecule has 3 heterocycles. The van der Waals surface area contributed by atoms with E-state index >= 15 is 0 Å². The number of nitrogens with one attached hydrogen (secondary N) is 1. The first-order valence-corrected chi connectivity index (χ1v) is 6.83. The minimum atomic E-state index is 0.0124. The number of hydrogen-bond acceptors (Lipinski definition) is 4. The fourth-order valence-electron chi connectivity index (χ4n) is 2.73. The molecule has 0 saturated heterocycles. The van der Waals surface area contributed by atoms with Crippen LogP contribution < -0.4 is 0 Å². The average Bonchev–Trinajstić information content (AvgIpc) is 3.12. The summed E-state index contributed by atoms with van der Waals surface area (Å²) in [5, 5.41) is 8.19. The molecule has 0 spiro atoms. The predicted molar refractivity (Wildman–Crippen MR) is 75.6 cm³/mol. The highest BCUT2D eigenvalue weighted by Crippen LogP contribution is 2.17. The number of fused-ring (bicyclic) bond motifs is 2. The van der Waals surface area contributed by atoms with E-state index in [9.17, 15) is 4.79 Å². The van der Waals surface area contributed by atoms with Gasteiger partial charge >= 0.3 is 0 Å². The summed E-state index contributed by atoms with van der Waals surface area (Å²) in [5.74, 6) is 1.75. The fraction of sp³-hybridized carbons (Fsp3) is 0.286. The number of imidazole rings is 1. The maximum absolute atomic E-state index is 12.6. The van der Waals surface area contributed by atoms with E-state index < -0.39 is 0 Å². The summed E-state index contributed by atoms with van der Waals surface area (Å²) < 4.78 is 2.06. The summed E-state index contributed by atoms with van der Waals surface area (Å²) in [7, 11) is 0. The molecule has 106 valence electrons. The van der Waals surface area contributed by atoms with Crippen LogP contribution in [0.1, 0.15) is 22.0 Å². The summed E-state index contributed by atoms with van der Waals surface area (Å²) in [6.45, 7) is 3.85. The van der Waals surface area contributed by atoms with E-state index in [1.165, 1.54) is 0 Å². The highest BCUT2D eigenvalue weighted by molar-refractivity contribution is 5.97. The highest BCUT2D eigenvalue weighted by Gasteiger charge is 2.24. The van der Waals surface area contributed by atoms with Gasteiger partial charge in [-0.2, -0.15) is 0 Å². The van der Waals surface area contributed by atoms with Crippen LogP contribution >= 0.6 is 0 Å². The van der Waals surface area contributed by atoms with Gasteiger partial charge in [-0.25, -0.2) is 4.98 Å². The lowest BCUT2D eigenvalue weighted by molar-refractivity contribution is 0.0707. The van der Waals surface area contributed by atoms with Crippen LogP contribution in [-0.4, -0.2) is 42.1 Å². The van der Waals surface area contributed by atoms with Crippen LogP contribution in [0.3, 0.4) is 0 Å². The van der Waals surface area contributed by atoms with Crippen molar-refractivity contribution in [3.63, 3.8) is 0 Å². The van der Waals surface area contributed by atoms with Crippen LogP contribution in [0.25, 0.3) is 11.0 Å². The number of aryl methyl sites for hydroxylation is 1. The molecule has 7 heteroatoms. The number of nitrogens with zero attached hydrogens (tertiary/aromatic N) is 5. The van der Waals surface area contributed by atoms with Gasteiger partial charge in [-0.05, 0) is 25.1 Å². The Morgan fingerprint density at radius 2 is 2.19 bits per heavy atom. The first-order valence-electron chi connectivity index (χ1n) is 6.83. The predicted octanol–water partition coefficient (Wildman–Crippen LogP) is 1.12. The van der Waals surface area contributed by atoms with Crippen LogP contribution in [0.4, 0.5) is 0 Å². The first kappa shape index (κ1) is 12.1. The van der Waals surface area contributed by atoms with E-state index in [0.29, 0.717) is 18.7 Å². The molecule has 4 rings (SSSR count). The molecular weight excluding hydrogens is 268 g/mol. The molecular formula is C14H14N6O. The van der Waals surface area contributed by atoms with Gasteiger partial charge in [-0.15, -0.1) is 10.2 Å². The topological polar surface area (TPSA) is 79.7 Å². The molecule has 21 heavy (non-hydrogen) atoms. The summed E-state index contributed by atoms with van der Waals surface area (Å²) in [5.41, 5.74) is 2.40. The zero-order chi connectivity index (χ0) is 14.4. The smallest absolute Gasteiger partial charge is 0.254 e. The zero-order valence-electron chi connectivity index (χ0n) is 11.6. The molecule has 1 N–H and O–H groups in total. The lowest BCUT2D eigenvalue weighted by atomic mass is 10.1. The second-order valence-electron chi connectivity index (χ2n) is 5.18. The molecule has 1 aliphatic rings. The SMILES string of the molecule is Cc1nnc2n1CCN(C(=O)c1ccc3nc[nH]c3c1)C2. The van der Waals surface area contributed by atoms with Crippen molar-refractivity contribution in [1.29, 1.82) is 0 Å². The summed E-state index contributed by atoms with van der Waals surface area (Å²) >= 11 is 0. The molecule has 0 fully saturated rings. The Labute approximate surface area is 120 Å². The number of rotatable bonds is 1. The number of aromatic amines is 1. The Kier molecular flexibility index (Phi) is 2.53. The van der Waals surface area contributed by atoms with Crippen LogP contribution in [0.5, 0.6) is 0 Å². The quantitative estimate of drug-likeness (QED) is 0.725. The number of carbonyl (C=O) groups excluding carboxylic acids is 1. The standard InChI is InChI=1S/C14H14N6O/c1-9-17-18-13-7-19(4-5-20(9)13)14(21)10-2-3-11-12(6-10)16-8-15-11/h2-3,6,8H,4-5,7H2,1H3,(H,15,16). The van der Waals surface area contributed by atoms with Crippen LogP contribution in [0.15, 0.2) is 24.5 Å². The Balaban J connectivity index is 1.63. The summed E-state index contributed by atoms with van der Waals surface area (Å²) in [6.07, 6.45) is 1.63. The van der Waals surface area contributed by atoms with E-state index in [4.69, 9.17) is 0 Å². The summed E-state index contributed by atoms with van der Waals surface area (Å²) in [4.78, 5) is 21.6. The fourth-order valence-corrected chi connectivity index (χ4v) is 2.73. The van der Waals surface area contributed by atoms with Crippen molar-refractivity contribution >= 4 is 16.9 Å². The van der Waals surface area contributed by atoms with Gasteiger partial charge in [-0.1, -0.05) is 0 Å². The van der Waals surface area contributed by atoms with Gasteiger partial charge in [0, 0.05) is 18.7 Å². The van der Waals surface area contributed by atoms with E-state index in [1.54, 1.807) is 11.2 Å². The molecule has 1 aliphatic heterocycles. The number of amides is 1. The minimum Gasteiger partial charge on any atom is -0.345 e. The minimum absolute atomic E-state index is 0.0124. The lowest BCUT2D eigenvalue weighted by Crippen LogP contribution is -2.38. The second-order valence-corrected chi connectivity index (χ2v) is 5.18. The Morgan fingerprint density at radius 3 is 3.10 bits per heavy atom. The first-order chi connectivity index (χ1) is 10.2. The Hall–Kier alpha value is -2.70. The van der Waals surface area contributed by atoms with Gasteiger partial charge in [0.15, 0.2) is 5.82 Å². The second kappa shape index (κ2) is 4.41. The van der Waals surface area contributed by atoms with Crippen molar-refractivity contribution in [1.82, 2.24) is 29.6 Å². The molecule has 0 atom stereocenters. The Morgan fingerprint density at radius 1 is 1.29 bits per heavy atom. The average molecular weight is 282 g/mol. The van der Waals surface area contributed by atoms with Gasteiger partial charge in [-0.3, -0.25) is 4.79 Å². The molecule has 0 saturated carbocycles. The molecule has 1 amide bonds. The van der Waals surface area contributed by atoms with Crippen molar-refractivity contribution in [3.8, 4) is 0 Å². The van der Waals surface area contributed by atoms with Gasteiger partial charge in [0.25, 0.3) is 5.91 Å². The van der Waals surface area contributed by atoms with Crippen molar-refractivity contribution in [2.24, 2.45) is 0 Å². The monoisotopic (exact) mass is 282 g/mol. The lowest BCUT2D eigenvalue weighted by Gasteiger charge is -2.27. The molecule has 0 radical (unpaired) electrons. The number of hydrogen-bond donors (Lipinski definition) is 1. The van der Waals surface area contributed by atoms with Crippen molar-refractivity contribution < 1.29 is 4.79 Å². The van der Waals surface area contributed by atoms with Crippen molar-refractivity contribution in [2.45, 2.75) is 20.0 Å². The molecule has 0 aliphatic carbocycles. The molecule has 2 aromatic heterocycles. The van der Waals surface area contributed by atoms with Crippen molar-refractivity contribution in [2.75, 3.05) is 6.54 Å². The third-order valence-electron chi connectivity index (χ3n) is 3.89. The van der Waals surface area contributed by atoms with E-state index in [-0.39, 0.29) is 5.91 Å². The maximum Gasteiger partial charge on any atom is 0.254 e. The van der Waals surface area contributed by atoms with E-state index in [1.807, 2.05) is 25.1 Å². The van der Waals surface area contributed by atoms with Crippen molar-refractivity contribution in [3.05, 3.63) is 41.7 Å². The third kappa shape index (κ3) is 1.89. The molecule has 1 aromatic carbocycles. The highest BCUT2D eigenvalue weighted by atomic mass is 16.2. The third-order valence-corrected chi connectivity index (χ3v) is 3.89. The summed E-state index contributed by atoms with van der Waals surface area (Å²) in [6, 6.07) is 5.51. The van der Waals surface area contributed by atoms with Gasteiger partial charge in [0.05, 0.1) is 23.9 Å². The molecule has 7 nitrogen and oxygen atoms in total. The van der Waals surface area contributed by atoms with Gasteiger partial charge in [0.1, 0.15) is 5.82 Å². The molecule has 0 unspecified atom stereocenters. The van der Waals surface area contributed by atoms with Crippen LogP contribution in [0, 0.1) is 6.92 Å². The largest absolute Gasteiger partial charge is 0.345 e. The van der Waals surface area contributed by atoms with Crippen LogP contribution in [0.2, 0.25) is 0 Å². The number of carbonyl (C=O) groups is 1. The van der Waals surface area contributed by atoms with Crippen LogP contribution in [-0.2, 0) is 13.1 Å². The normalized spacial score (nSPS) is 14.4. The Bertz CT molecular complexity index is 833. The van der Waals surface area contributed by atoms with E-state index in [2.05, 4.69) is 24.7 Å². The van der Waals surface area contributed by atoms with Gasteiger partial charge < -0.3 is 14.5 Å². The number of aromatic nitrogens is 5. The number of benzene rings is 1. The molecule has 0 bridgehead atoms. The van der Waals surface area contributed by atoms with Gasteiger partial charge in [0.2, 0.25) is 0 Å². The maximum atomic E-state index is 12.6.